The third-order valence-electron chi connectivity index (χ3n) is 4.26. The van der Waals surface area contributed by atoms with Gasteiger partial charge in [-0.25, -0.2) is 4.39 Å². The topological polar surface area (TPSA) is 81.4 Å². The van der Waals surface area contributed by atoms with Crippen molar-refractivity contribution in [2.75, 3.05) is 13.2 Å². The molecule has 146 valence electrons. The molecule has 0 unspecified atom stereocenters. The summed E-state index contributed by atoms with van der Waals surface area (Å²) < 4.78 is 20.3. The predicted molar refractivity (Wildman–Crippen MR) is 105 cm³/mol. The minimum atomic E-state index is -0.327. The van der Waals surface area contributed by atoms with E-state index in [1.54, 1.807) is 30.3 Å². The second-order valence-corrected chi connectivity index (χ2v) is 6.45. The quantitative estimate of drug-likeness (QED) is 0.511. The number of ether oxygens (including phenoxy) is 1. The van der Waals surface area contributed by atoms with E-state index in [1.165, 1.54) is 16.6 Å². The van der Waals surface area contributed by atoms with Gasteiger partial charge in [0.2, 0.25) is 5.88 Å². The van der Waals surface area contributed by atoms with Crippen molar-refractivity contribution in [3.05, 3.63) is 77.6 Å². The number of rotatable bonds is 6. The summed E-state index contributed by atoms with van der Waals surface area (Å²) in [6.07, 6.45) is 0. The maximum atomic E-state index is 13.2. The molecule has 0 aliphatic heterocycles. The van der Waals surface area contributed by atoms with Gasteiger partial charge in [-0.3, -0.25) is 4.79 Å². The van der Waals surface area contributed by atoms with Gasteiger partial charge in [0, 0.05) is 17.2 Å². The maximum Gasteiger partial charge on any atom is 0.251 e. The summed E-state index contributed by atoms with van der Waals surface area (Å²) in [5.74, 6) is 0.369. The van der Waals surface area contributed by atoms with Crippen molar-refractivity contribution in [3.8, 4) is 17.3 Å². The van der Waals surface area contributed by atoms with Crippen LogP contribution < -0.4 is 10.1 Å². The zero-order valence-corrected chi connectivity index (χ0v) is 15.7. The normalized spacial score (nSPS) is 10.8. The Morgan fingerprint density at radius 2 is 1.93 bits per heavy atom. The van der Waals surface area contributed by atoms with Crippen molar-refractivity contribution in [2.45, 2.75) is 6.92 Å². The van der Waals surface area contributed by atoms with E-state index in [0.717, 1.165) is 5.56 Å². The van der Waals surface area contributed by atoms with Crippen LogP contribution in [0.15, 0.2) is 60.7 Å². The zero-order valence-electron chi connectivity index (χ0n) is 15.7. The van der Waals surface area contributed by atoms with Crippen LogP contribution in [0.2, 0.25) is 0 Å². The molecule has 1 N–H and O–H groups in total. The van der Waals surface area contributed by atoms with Crippen LogP contribution >= 0.6 is 0 Å². The Bertz CT molecular complexity index is 1160. The molecule has 0 radical (unpaired) electrons. The largest absolute Gasteiger partial charge is 0.475 e. The second-order valence-electron chi connectivity index (χ2n) is 6.45. The molecule has 4 rings (SSSR count). The van der Waals surface area contributed by atoms with Crippen molar-refractivity contribution < 1.29 is 13.9 Å². The molecule has 0 atom stereocenters. The van der Waals surface area contributed by atoms with Gasteiger partial charge in [-0.05, 0) is 49.4 Å². The number of nitrogens with zero attached hydrogens (tertiary/aromatic N) is 4. The summed E-state index contributed by atoms with van der Waals surface area (Å²) in [6, 6.07) is 16.7. The molecule has 0 aliphatic rings. The van der Waals surface area contributed by atoms with Gasteiger partial charge in [0.05, 0.1) is 6.54 Å². The first-order valence-electron chi connectivity index (χ1n) is 9.06. The first-order valence-corrected chi connectivity index (χ1v) is 9.06. The van der Waals surface area contributed by atoms with Crippen LogP contribution in [0.25, 0.3) is 17.0 Å². The number of nitrogens with one attached hydrogen (secondary N) is 1. The highest BCUT2D eigenvalue weighted by molar-refractivity contribution is 5.94. The summed E-state index contributed by atoms with van der Waals surface area (Å²) in [5, 5.41) is 15.4. The van der Waals surface area contributed by atoms with Gasteiger partial charge in [-0.1, -0.05) is 17.7 Å². The summed E-state index contributed by atoms with van der Waals surface area (Å²) >= 11 is 0. The van der Waals surface area contributed by atoms with Gasteiger partial charge in [-0.2, -0.15) is 4.52 Å². The zero-order chi connectivity index (χ0) is 20.2. The fraction of sp³-hybridized carbons (Fsp3) is 0.143. The van der Waals surface area contributed by atoms with E-state index in [-0.39, 0.29) is 18.3 Å². The molecule has 7 nitrogen and oxygen atoms in total. The molecule has 1 amide bonds. The Labute approximate surface area is 166 Å². The van der Waals surface area contributed by atoms with Crippen LogP contribution in [-0.4, -0.2) is 38.9 Å². The number of hydrogen-bond acceptors (Lipinski definition) is 5. The lowest BCUT2D eigenvalue weighted by atomic mass is 10.1. The molecule has 2 aromatic heterocycles. The standard InChI is InChI=1S/C21H18FN5O2/c1-14-3-2-4-16(13-14)21(28)23-11-12-29-19-10-9-18-24-25-20(27(18)26-19)15-5-7-17(22)8-6-15/h2-10,13H,11-12H2,1H3,(H,23,28). The minimum absolute atomic E-state index is 0.155. The highest BCUT2D eigenvalue weighted by Gasteiger charge is 2.11. The fourth-order valence-electron chi connectivity index (χ4n) is 2.84. The van der Waals surface area contributed by atoms with Gasteiger partial charge in [0.25, 0.3) is 5.91 Å². The highest BCUT2D eigenvalue weighted by atomic mass is 19.1. The van der Waals surface area contributed by atoms with Crippen LogP contribution in [0.4, 0.5) is 4.39 Å². The van der Waals surface area contributed by atoms with Crippen LogP contribution in [-0.2, 0) is 0 Å². The lowest BCUT2D eigenvalue weighted by Gasteiger charge is -2.08. The van der Waals surface area contributed by atoms with E-state index in [1.807, 2.05) is 25.1 Å². The Hall–Kier alpha value is -3.81. The minimum Gasteiger partial charge on any atom is -0.475 e. The average molecular weight is 391 g/mol. The molecule has 0 saturated heterocycles. The van der Waals surface area contributed by atoms with Gasteiger partial charge in [0.1, 0.15) is 12.4 Å². The van der Waals surface area contributed by atoms with Crippen molar-refractivity contribution in [3.63, 3.8) is 0 Å². The second kappa shape index (κ2) is 8.05. The molecule has 4 aromatic rings. The predicted octanol–water partition coefficient (Wildman–Crippen LogP) is 3.05. The Balaban J connectivity index is 1.40. The summed E-state index contributed by atoms with van der Waals surface area (Å²) in [7, 11) is 0. The number of carbonyl (C=O) groups is 1. The van der Waals surface area contributed by atoms with Crippen LogP contribution in [0.5, 0.6) is 5.88 Å². The van der Waals surface area contributed by atoms with E-state index in [0.29, 0.717) is 35.0 Å². The number of carbonyl (C=O) groups excluding carboxylic acids is 1. The number of aromatic nitrogens is 4. The first-order chi connectivity index (χ1) is 14.1. The number of halogens is 1. The SMILES string of the molecule is Cc1cccc(C(=O)NCCOc2ccc3nnc(-c4ccc(F)cc4)n3n2)c1. The third kappa shape index (κ3) is 4.21. The Kier molecular flexibility index (Phi) is 5.15. The van der Waals surface area contributed by atoms with Gasteiger partial charge in [-0.15, -0.1) is 15.3 Å². The van der Waals surface area contributed by atoms with E-state index >= 15 is 0 Å². The van der Waals surface area contributed by atoms with E-state index in [4.69, 9.17) is 4.74 Å². The van der Waals surface area contributed by atoms with E-state index in [2.05, 4.69) is 20.6 Å². The molecule has 8 heteroatoms. The first kappa shape index (κ1) is 18.5. The summed E-state index contributed by atoms with van der Waals surface area (Å²) in [4.78, 5) is 12.1. The van der Waals surface area contributed by atoms with Crippen molar-refractivity contribution >= 4 is 11.6 Å². The Morgan fingerprint density at radius 3 is 2.72 bits per heavy atom. The lowest BCUT2D eigenvalue weighted by molar-refractivity contribution is 0.0946. The Morgan fingerprint density at radius 1 is 1.10 bits per heavy atom. The van der Waals surface area contributed by atoms with E-state index in [9.17, 15) is 9.18 Å². The number of hydrogen-bond donors (Lipinski definition) is 1. The third-order valence-corrected chi connectivity index (χ3v) is 4.26. The van der Waals surface area contributed by atoms with Crippen molar-refractivity contribution in [2.24, 2.45) is 0 Å². The van der Waals surface area contributed by atoms with E-state index < -0.39 is 0 Å². The van der Waals surface area contributed by atoms with Crippen LogP contribution in [0.1, 0.15) is 15.9 Å². The summed E-state index contributed by atoms with van der Waals surface area (Å²) in [6.45, 7) is 2.52. The smallest absolute Gasteiger partial charge is 0.251 e. The molecular weight excluding hydrogens is 373 g/mol. The average Bonchev–Trinajstić information content (AvgIpc) is 3.15. The number of fused-ring (bicyclic) bond motifs is 1. The molecule has 2 heterocycles. The molecular formula is C21H18FN5O2. The number of benzene rings is 2. The van der Waals surface area contributed by atoms with Gasteiger partial charge in [0.15, 0.2) is 11.5 Å². The van der Waals surface area contributed by atoms with Crippen molar-refractivity contribution in [1.29, 1.82) is 0 Å². The van der Waals surface area contributed by atoms with Gasteiger partial charge >= 0.3 is 0 Å². The monoisotopic (exact) mass is 391 g/mol. The van der Waals surface area contributed by atoms with Crippen LogP contribution in [0.3, 0.4) is 0 Å². The van der Waals surface area contributed by atoms with Crippen molar-refractivity contribution in [1.82, 2.24) is 25.1 Å². The molecule has 0 aliphatic carbocycles. The fourth-order valence-corrected chi connectivity index (χ4v) is 2.84. The summed E-state index contributed by atoms with van der Waals surface area (Å²) in [5.41, 5.74) is 2.87. The highest BCUT2D eigenvalue weighted by Crippen LogP contribution is 2.19. The molecule has 2 aromatic carbocycles. The molecule has 0 saturated carbocycles. The maximum absolute atomic E-state index is 13.2. The molecule has 0 fully saturated rings. The molecule has 29 heavy (non-hydrogen) atoms. The molecule has 0 bridgehead atoms. The van der Waals surface area contributed by atoms with Crippen LogP contribution in [0, 0.1) is 12.7 Å². The lowest BCUT2D eigenvalue weighted by Crippen LogP contribution is -2.28. The number of aryl methyl sites for hydroxylation is 1. The number of amides is 1. The van der Waals surface area contributed by atoms with Gasteiger partial charge < -0.3 is 10.1 Å². The molecule has 0 spiro atoms.